The van der Waals surface area contributed by atoms with Crippen LogP contribution in [0.25, 0.3) is 10.9 Å². The van der Waals surface area contributed by atoms with Crippen LogP contribution >= 0.6 is 0 Å². The van der Waals surface area contributed by atoms with Gasteiger partial charge in [0.2, 0.25) is 0 Å². The summed E-state index contributed by atoms with van der Waals surface area (Å²) in [6.07, 6.45) is 0.667. The van der Waals surface area contributed by atoms with Crippen LogP contribution in [0.4, 0.5) is 0 Å². The van der Waals surface area contributed by atoms with Gasteiger partial charge in [0.25, 0.3) is 0 Å². The summed E-state index contributed by atoms with van der Waals surface area (Å²) in [5.74, 6) is 0. The van der Waals surface area contributed by atoms with Crippen molar-refractivity contribution in [2.24, 2.45) is 0 Å². The lowest BCUT2D eigenvalue weighted by Crippen LogP contribution is -2.42. The van der Waals surface area contributed by atoms with E-state index < -0.39 is 12.2 Å². The summed E-state index contributed by atoms with van der Waals surface area (Å²) in [7, 11) is 1.60. The summed E-state index contributed by atoms with van der Waals surface area (Å²) in [5, 5.41) is 30.9. The molecule has 0 saturated carbocycles. The van der Waals surface area contributed by atoms with Crippen LogP contribution < -0.4 is 0 Å². The third-order valence-corrected chi connectivity index (χ3v) is 4.18. The first-order valence-corrected chi connectivity index (χ1v) is 8.94. The van der Waals surface area contributed by atoms with E-state index in [1.807, 2.05) is 46.0 Å². The molecular weight excluding hydrogens is 336 g/mol. The van der Waals surface area contributed by atoms with E-state index in [-0.39, 0.29) is 13.2 Å². The summed E-state index contributed by atoms with van der Waals surface area (Å²) in [6, 6.07) is 10.0. The van der Waals surface area contributed by atoms with Crippen LogP contribution in [0.3, 0.4) is 0 Å². The highest BCUT2D eigenvalue weighted by Gasteiger charge is 2.16. The second kappa shape index (κ2) is 11.3. The molecule has 0 radical (unpaired) electrons. The van der Waals surface area contributed by atoms with Gasteiger partial charge in [0, 0.05) is 45.0 Å². The van der Waals surface area contributed by atoms with E-state index in [4.69, 9.17) is 9.47 Å². The third kappa shape index (κ3) is 6.68. The molecule has 0 spiro atoms. The molecule has 2 atom stereocenters. The van der Waals surface area contributed by atoms with Crippen molar-refractivity contribution < 1.29 is 24.8 Å². The molecule has 0 aliphatic heterocycles. The van der Waals surface area contributed by atoms with E-state index in [1.54, 1.807) is 7.11 Å². The molecule has 1 heterocycles. The fourth-order valence-corrected chi connectivity index (χ4v) is 2.99. The molecule has 26 heavy (non-hydrogen) atoms. The first kappa shape index (κ1) is 20.8. The van der Waals surface area contributed by atoms with Gasteiger partial charge in [-0.25, -0.2) is 0 Å². The van der Waals surface area contributed by atoms with Crippen LogP contribution in [0.1, 0.15) is 0 Å². The van der Waals surface area contributed by atoms with E-state index in [1.165, 1.54) is 0 Å². The number of hydrogen-bond donors (Lipinski definition) is 3. The fourth-order valence-electron chi connectivity index (χ4n) is 2.99. The van der Waals surface area contributed by atoms with Crippen molar-refractivity contribution in [3.63, 3.8) is 0 Å². The Balaban J connectivity index is 1.83. The van der Waals surface area contributed by atoms with Crippen molar-refractivity contribution >= 4 is 10.9 Å². The molecule has 1 aromatic heterocycles. The maximum absolute atomic E-state index is 10.5. The van der Waals surface area contributed by atoms with Gasteiger partial charge in [-0.15, -0.1) is 0 Å². The Labute approximate surface area is 154 Å². The average Bonchev–Trinajstić information content (AvgIpc) is 3.02. The maximum atomic E-state index is 10.5. The second-order valence-corrected chi connectivity index (χ2v) is 6.39. The fraction of sp³-hybridized carbons (Fsp3) is 0.579. The highest BCUT2D eigenvalue weighted by molar-refractivity contribution is 5.79. The Hall–Kier alpha value is -1.48. The molecule has 0 aliphatic rings. The minimum Gasteiger partial charge on any atom is -0.395 e. The molecule has 146 valence electrons. The van der Waals surface area contributed by atoms with E-state index in [0.29, 0.717) is 39.4 Å². The van der Waals surface area contributed by atoms with E-state index >= 15 is 0 Å². The quantitative estimate of drug-likeness (QED) is 0.443. The number of aliphatic hydroxyl groups excluding tert-OH is 3. The van der Waals surface area contributed by atoms with Crippen LogP contribution in [0.15, 0.2) is 36.5 Å². The van der Waals surface area contributed by atoms with Crippen LogP contribution in [0.5, 0.6) is 0 Å². The van der Waals surface area contributed by atoms with Crippen LogP contribution in [-0.4, -0.2) is 90.2 Å². The minimum atomic E-state index is -0.682. The lowest BCUT2D eigenvalue weighted by molar-refractivity contribution is -0.00940. The first-order chi connectivity index (χ1) is 12.6. The number of methoxy groups -OCH3 is 1. The number of aromatic nitrogens is 1. The molecule has 1 aromatic carbocycles. The Bertz CT molecular complexity index is 633. The van der Waals surface area contributed by atoms with Crippen molar-refractivity contribution in [1.82, 2.24) is 9.47 Å². The molecule has 3 N–H and O–H groups in total. The first-order valence-electron chi connectivity index (χ1n) is 8.94. The molecule has 2 aromatic rings. The minimum absolute atomic E-state index is 0.0313. The Morgan fingerprint density at radius 3 is 2.62 bits per heavy atom. The smallest absolute Gasteiger partial charge is 0.0900 e. The van der Waals surface area contributed by atoms with E-state index in [2.05, 4.69) is 0 Å². The summed E-state index contributed by atoms with van der Waals surface area (Å²) in [6.45, 7) is 2.61. The predicted molar refractivity (Wildman–Crippen MR) is 100 cm³/mol. The highest BCUT2D eigenvalue weighted by atomic mass is 16.5. The molecule has 0 bridgehead atoms. The Morgan fingerprint density at radius 2 is 1.85 bits per heavy atom. The van der Waals surface area contributed by atoms with Gasteiger partial charge in [-0.1, -0.05) is 18.2 Å². The molecule has 0 amide bonds. The lowest BCUT2D eigenvalue weighted by atomic mass is 10.2. The van der Waals surface area contributed by atoms with Gasteiger partial charge in [-0.2, -0.15) is 0 Å². The Kier molecular flexibility index (Phi) is 9.04. The SMILES string of the molecule is COCCOC[C@@H](O)CN(CCO)C[C@H](O)Cn1ccc2ccccc21. The van der Waals surface area contributed by atoms with Crippen LogP contribution in [-0.2, 0) is 16.0 Å². The number of ether oxygens (including phenoxy) is 2. The number of hydrogen-bond acceptors (Lipinski definition) is 6. The number of rotatable bonds is 13. The summed E-state index contributed by atoms with van der Waals surface area (Å²) in [4.78, 5) is 1.85. The number of aliphatic hydroxyl groups is 3. The molecule has 0 unspecified atom stereocenters. The zero-order chi connectivity index (χ0) is 18.8. The van der Waals surface area contributed by atoms with E-state index in [0.717, 1.165) is 10.9 Å². The highest BCUT2D eigenvalue weighted by Crippen LogP contribution is 2.15. The molecule has 7 heteroatoms. The van der Waals surface area contributed by atoms with Gasteiger partial charge in [-0.3, -0.25) is 4.90 Å². The van der Waals surface area contributed by atoms with Gasteiger partial charge in [-0.05, 0) is 17.5 Å². The topological polar surface area (TPSA) is 87.3 Å². The largest absolute Gasteiger partial charge is 0.395 e. The number of fused-ring (bicyclic) bond motifs is 1. The zero-order valence-electron chi connectivity index (χ0n) is 15.3. The number of benzene rings is 1. The zero-order valence-corrected chi connectivity index (χ0v) is 15.3. The second-order valence-electron chi connectivity index (χ2n) is 6.39. The Morgan fingerprint density at radius 1 is 1.08 bits per heavy atom. The van der Waals surface area contributed by atoms with Crippen molar-refractivity contribution in [3.8, 4) is 0 Å². The van der Waals surface area contributed by atoms with Gasteiger partial charge < -0.3 is 29.4 Å². The van der Waals surface area contributed by atoms with Crippen LogP contribution in [0, 0.1) is 0 Å². The molecular formula is C19H30N2O5. The molecule has 7 nitrogen and oxygen atoms in total. The van der Waals surface area contributed by atoms with Crippen molar-refractivity contribution in [3.05, 3.63) is 36.5 Å². The van der Waals surface area contributed by atoms with Gasteiger partial charge >= 0.3 is 0 Å². The van der Waals surface area contributed by atoms with Gasteiger partial charge in [0.15, 0.2) is 0 Å². The monoisotopic (exact) mass is 366 g/mol. The lowest BCUT2D eigenvalue weighted by Gasteiger charge is -2.27. The molecule has 2 rings (SSSR count). The van der Waals surface area contributed by atoms with Crippen LogP contribution in [0.2, 0.25) is 0 Å². The summed E-state index contributed by atoms with van der Waals surface area (Å²) < 4.78 is 12.2. The molecule has 0 aliphatic carbocycles. The number of para-hydroxylation sites is 1. The van der Waals surface area contributed by atoms with Gasteiger partial charge in [0.1, 0.15) is 0 Å². The predicted octanol–water partition coefficient (Wildman–Crippen LogP) is 0.320. The summed E-state index contributed by atoms with van der Waals surface area (Å²) in [5.41, 5.74) is 1.08. The van der Waals surface area contributed by atoms with Crippen molar-refractivity contribution in [2.45, 2.75) is 18.8 Å². The van der Waals surface area contributed by atoms with E-state index in [9.17, 15) is 15.3 Å². The average molecular weight is 366 g/mol. The summed E-state index contributed by atoms with van der Waals surface area (Å²) >= 11 is 0. The van der Waals surface area contributed by atoms with Crippen molar-refractivity contribution in [1.29, 1.82) is 0 Å². The number of nitrogens with zero attached hydrogens (tertiary/aromatic N) is 2. The van der Waals surface area contributed by atoms with Gasteiger partial charge in [0.05, 0.1) is 38.6 Å². The maximum Gasteiger partial charge on any atom is 0.0900 e. The van der Waals surface area contributed by atoms with Crippen molar-refractivity contribution in [2.75, 3.05) is 53.2 Å². The normalized spacial score (nSPS) is 14.2. The molecule has 0 saturated heterocycles. The standard InChI is InChI=1S/C19H30N2O5/c1-25-10-11-26-15-18(24)13-20(8-9-22)12-17(23)14-21-7-6-16-4-2-3-5-19(16)21/h2-7,17-18,22-24H,8-15H2,1H3/t17-,18-/m0/s1. The molecule has 0 fully saturated rings. The third-order valence-electron chi connectivity index (χ3n) is 4.18.